The highest BCUT2D eigenvalue weighted by atomic mass is 19.1. The third kappa shape index (κ3) is 4.26. The molecule has 2 nitrogen and oxygen atoms in total. The Bertz CT molecular complexity index is 874. The molecule has 1 fully saturated rings. The molecule has 1 saturated heterocycles. The maximum absolute atomic E-state index is 13.8. The van der Waals surface area contributed by atoms with Crippen molar-refractivity contribution in [2.45, 2.75) is 18.4 Å². The minimum absolute atomic E-state index is 0.127. The van der Waals surface area contributed by atoms with Crippen LogP contribution in [0.25, 0.3) is 11.1 Å². The van der Waals surface area contributed by atoms with Crippen LogP contribution in [0.2, 0.25) is 0 Å². The highest BCUT2D eigenvalue weighted by Crippen LogP contribution is 2.32. The van der Waals surface area contributed by atoms with Crippen LogP contribution in [0, 0.1) is 5.82 Å². The minimum atomic E-state index is -0.207. The number of ether oxygens (including phenoxy) is 1. The molecule has 3 aromatic carbocycles. The summed E-state index contributed by atoms with van der Waals surface area (Å²) >= 11 is 0. The number of hydrogen-bond acceptors (Lipinski definition) is 2. The average molecular weight is 361 g/mol. The summed E-state index contributed by atoms with van der Waals surface area (Å²) in [6.45, 7) is 2.49. The highest BCUT2D eigenvalue weighted by molar-refractivity contribution is 5.67. The second-order valence-electron chi connectivity index (χ2n) is 7.00. The zero-order valence-corrected chi connectivity index (χ0v) is 15.3. The van der Waals surface area contributed by atoms with Gasteiger partial charge in [0.2, 0.25) is 0 Å². The summed E-state index contributed by atoms with van der Waals surface area (Å²) in [5.41, 5.74) is 4.49. The highest BCUT2D eigenvalue weighted by Gasteiger charge is 2.27. The molecule has 0 aromatic heterocycles. The zero-order chi connectivity index (χ0) is 18.5. The molecule has 0 unspecified atom stereocenters. The summed E-state index contributed by atoms with van der Waals surface area (Å²) < 4.78 is 19.9. The predicted molar refractivity (Wildman–Crippen MR) is 107 cm³/mol. The van der Waals surface area contributed by atoms with Crippen LogP contribution in [-0.4, -0.2) is 25.8 Å². The van der Waals surface area contributed by atoms with E-state index >= 15 is 0 Å². The molecule has 0 radical (unpaired) electrons. The van der Waals surface area contributed by atoms with E-state index in [2.05, 4.69) is 47.8 Å². The zero-order valence-electron chi connectivity index (χ0n) is 15.3. The molecule has 1 aliphatic heterocycles. The molecule has 1 N–H and O–H groups in total. The van der Waals surface area contributed by atoms with Crippen molar-refractivity contribution in [3.63, 3.8) is 0 Å². The van der Waals surface area contributed by atoms with E-state index in [9.17, 15) is 4.39 Å². The summed E-state index contributed by atoms with van der Waals surface area (Å²) in [6, 6.07) is 25.7. The topological polar surface area (TPSA) is 21.3 Å². The van der Waals surface area contributed by atoms with Gasteiger partial charge in [0.15, 0.2) is 0 Å². The normalized spacial score (nSPS) is 18.2. The number of hydrogen-bond donors (Lipinski definition) is 1. The first-order valence-corrected chi connectivity index (χ1v) is 9.52. The van der Waals surface area contributed by atoms with E-state index < -0.39 is 0 Å². The maximum atomic E-state index is 13.8. The predicted octanol–water partition coefficient (Wildman–Crippen LogP) is 4.81. The van der Waals surface area contributed by atoms with Crippen molar-refractivity contribution in [2.75, 3.05) is 19.7 Å². The summed E-state index contributed by atoms with van der Waals surface area (Å²) in [5.74, 6) is 0.0374. The summed E-state index contributed by atoms with van der Waals surface area (Å²) in [4.78, 5) is 0. The molecule has 0 aliphatic carbocycles. The lowest BCUT2D eigenvalue weighted by molar-refractivity contribution is 0.0110. The first-order valence-electron chi connectivity index (χ1n) is 9.52. The molecule has 3 aromatic rings. The van der Waals surface area contributed by atoms with Crippen molar-refractivity contribution >= 4 is 0 Å². The molecular weight excluding hydrogens is 337 g/mol. The van der Waals surface area contributed by atoms with E-state index in [4.69, 9.17) is 4.74 Å². The minimum Gasteiger partial charge on any atom is -0.375 e. The molecular formula is C24H24FNO. The van der Waals surface area contributed by atoms with Gasteiger partial charge < -0.3 is 10.1 Å². The van der Waals surface area contributed by atoms with Gasteiger partial charge in [-0.2, -0.15) is 0 Å². The molecule has 138 valence electrons. The fraction of sp³-hybridized carbons (Fsp3) is 0.250. The Morgan fingerprint density at radius 3 is 2.56 bits per heavy atom. The van der Waals surface area contributed by atoms with Crippen molar-refractivity contribution in [1.29, 1.82) is 0 Å². The Morgan fingerprint density at radius 2 is 1.78 bits per heavy atom. The van der Waals surface area contributed by atoms with Crippen LogP contribution in [0.4, 0.5) is 4.39 Å². The van der Waals surface area contributed by atoms with Gasteiger partial charge in [-0.05, 0) is 40.8 Å². The first-order chi connectivity index (χ1) is 13.3. The SMILES string of the molecule is Fc1cccc(-c2ccccc2C[C@@H](c2ccccc2)[C@@H]2CNCCO2)c1. The van der Waals surface area contributed by atoms with Crippen LogP contribution in [0.3, 0.4) is 0 Å². The summed E-state index contributed by atoms with van der Waals surface area (Å²) in [6.07, 6.45) is 0.977. The number of halogens is 1. The number of morpholine rings is 1. The second kappa shape index (κ2) is 8.47. The van der Waals surface area contributed by atoms with Crippen molar-refractivity contribution in [3.8, 4) is 11.1 Å². The van der Waals surface area contributed by atoms with Crippen molar-refractivity contribution in [3.05, 3.63) is 95.8 Å². The maximum Gasteiger partial charge on any atom is 0.123 e. The Labute approximate surface area is 160 Å². The monoisotopic (exact) mass is 361 g/mol. The molecule has 3 heteroatoms. The van der Waals surface area contributed by atoms with Gasteiger partial charge in [-0.1, -0.05) is 66.7 Å². The van der Waals surface area contributed by atoms with Gasteiger partial charge in [0, 0.05) is 19.0 Å². The van der Waals surface area contributed by atoms with Crippen molar-refractivity contribution in [2.24, 2.45) is 0 Å². The molecule has 2 atom stereocenters. The molecule has 0 saturated carbocycles. The van der Waals surface area contributed by atoms with Gasteiger partial charge in [-0.3, -0.25) is 0 Å². The quantitative estimate of drug-likeness (QED) is 0.704. The lowest BCUT2D eigenvalue weighted by Gasteiger charge is -2.32. The Kier molecular flexibility index (Phi) is 5.61. The van der Waals surface area contributed by atoms with Crippen LogP contribution < -0.4 is 5.32 Å². The van der Waals surface area contributed by atoms with Crippen LogP contribution in [0.1, 0.15) is 17.0 Å². The van der Waals surface area contributed by atoms with Gasteiger partial charge >= 0.3 is 0 Å². The largest absolute Gasteiger partial charge is 0.375 e. The van der Waals surface area contributed by atoms with Gasteiger partial charge in [0.1, 0.15) is 5.82 Å². The van der Waals surface area contributed by atoms with Gasteiger partial charge in [0.25, 0.3) is 0 Å². The smallest absolute Gasteiger partial charge is 0.123 e. The first kappa shape index (κ1) is 17.9. The second-order valence-corrected chi connectivity index (χ2v) is 7.00. The number of rotatable bonds is 5. The van der Waals surface area contributed by atoms with Gasteiger partial charge in [-0.15, -0.1) is 0 Å². The van der Waals surface area contributed by atoms with Crippen LogP contribution in [0.15, 0.2) is 78.9 Å². The van der Waals surface area contributed by atoms with Gasteiger partial charge in [0.05, 0.1) is 12.7 Å². The summed E-state index contributed by atoms with van der Waals surface area (Å²) in [7, 11) is 0. The van der Waals surface area contributed by atoms with E-state index in [1.54, 1.807) is 12.1 Å². The van der Waals surface area contributed by atoms with E-state index in [1.165, 1.54) is 17.2 Å². The third-order valence-corrected chi connectivity index (χ3v) is 5.23. The van der Waals surface area contributed by atoms with Crippen LogP contribution in [0.5, 0.6) is 0 Å². The molecule has 1 heterocycles. The molecule has 4 rings (SSSR count). The third-order valence-electron chi connectivity index (χ3n) is 5.23. The summed E-state index contributed by atoms with van der Waals surface area (Å²) in [5, 5.41) is 3.45. The molecule has 0 amide bonds. The number of nitrogens with one attached hydrogen (secondary N) is 1. The van der Waals surface area contributed by atoms with E-state index in [1.807, 2.05) is 18.2 Å². The van der Waals surface area contributed by atoms with Gasteiger partial charge in [-0.25, -0.2) is 4.39 Å². The van der Waals surface area contributed by atoms with E-state index in [0.29, 0.717) is 0 Å². The fourth-order valence-corrected chi connectivity index (χ4v) is 3.88. The molecule has 0 spiro atoms. The van der Waals surface area contributed by atoms with Crippen molar-refractivity contribution < 1.29 is 9.13 Å². The molecule has 0 bridgehead atoms. The fourth-order valence-electron chi connectivity index (χ4n) is 3.88. The Morgan fingerprint density at radius 1 is 0.963 bits per heavy atom. The van der Waals surface area contributed by atoms with Crippen LogP contribution >= 0.6 is 0 Å². The Balaban J connectivity index is 1.69. The van der Waals surface area contributed by atoms with E-state index in [-0.39, 0.29) is 17.8 Å². The average Bonchev–Trinajstić information content (AvgIpc) is 2.73. The Hall–Kier alpha value is -2.49. The van der Waals surface area contributed by atoms with Crippen LogP contribution in [-0.2, 0) is 11.2 Å². The molecule has 1 aliphatic rings. The molecule has 27 heavy (non-hydrogen) atoms. The van der Waals surface area contributed by atoms with Crippen molar-refractivity contribution in [1.82, 2.24) is 5.32 Å². The van der Waals surface area contributed by atoms with E-state index in [0.717, 1.165) is 37.2 Å². The lowest BCUT2D eigenvalue weighted by atomic mass is 9.84. The number of benzene rings is 3. The standard InChI is InChI=1S/C24H24FNO/c25-21-11-6-10-19(15-21)22-12-5-4-9-20(22)16-23(18-7-2-1-3-8-18)24-17-26-13-14-27-24/h1-12,15,23-24,26H,13-14,16-17H2/t23-,24-/m0/s1. The lowest BCUT2D eigenvalue weighted by Crippen LogP contribution is -2.42.